The lowest BCUT2D eigenvalue weighted by molar-refractivity contribution is -0.137. The molecule has 0 saturated carbocycles. The van der Waals surface area contributed by atoms with Crippen LogP contribution in [0.5, 0.6) is 0 Å². The first-order valence-corrected chi connectivity index (χ1v) is 15.7. The Balaban J connectivity index is 1.51. The quantitative estimate of drug-likeness (QED) is 0.144. The van der Waals surface area contributed by atoms with E-state index in [1.165, 1.54) is 11.6 Å². The number of nitrogens with one attached hydrogen (secondary N) is 1. The summed E-state index contributed by atoms with van der Waals surface area (Å²) >= 11 is 8.01. The number of benzene rings is 3. The van der Waals surface area contributed by atoms with E-state index in [0.29, 0.717) is 31.8 Å². The molecule has 0 heterocycles. The van der Waals surface area contributed by atoms with Gasteiger partial charge in [0.15, 0.2) is 0 Å². The summed E-state index contributed by atoms with van der Waals surface area (Å²) in [5, 5.41) is -0.234. The summed E-state index contributed by atoms with van der Waals surface area (Å²) in [5.74, 6) is 1.01. The molecule has 3 aromatic rings. The van der Waals surface area contributed by atoms with Crippen LogP contribution in [0.2, 0.25) is 5.02 Å². The van der Waals surface area contributed by atoms with Gasteiger partial charge in [-0.15, -0.1) is 0 Å². The summed E-state index contributed by atoms with van der Waals surface area (Å²) in [6.45, 7) is 6.29. The number of allylic oxidation sites excluding steroid dienone is 2. The topological polar surface area (TPSA) is 24.5 Å². The van der Waals surface area contributed by atoms with Gasteiger partial charge >= 0.3 is 6.18 Å². The summed E-state index contributed by atoms with van der Waals surface area (Å²) in [7, 11) is 0. The van der Waals surface area contributed by atoms with Gasteiger partial charge in [-0.25, -0.2) is 0 Å². The highest BCUT2D eigenvalue weighted by Crippen LogP contribution is 2.37. The van der Waals surface area contributed by atoms with Crippen molar-refractivity contribution in [1.29, 1.82) is 0 Å². The summed E-state index contributed by atoms with van der Waals surface area (Å²) in [4.78, 5) is 2.20. The zero-order valence-corrected chi connectivity index (χ0v) is 25.6. The van der Waals surface area contributed by atoms with Gasteiger partial charge in [-0.1, -0.05) is 109 Å². The van der Waals surface area contributed by atoms with Crippen molar-refractivity contribution in [2.75, 3.05) is 25.4 Å². The maximum absolute atomic E-state index is 13.6. The first-order chi connectivity index (χ1) is 20.3. The number of halogens is 4. The van der Waals surface area contributed by atoms with Gasteiger partial charge in [0.2, 0.25) is 0 Å². The number of rotatable bonds is 14. The minimum absolute atomic E-state index is 0.00250. The van der Waals surface area contributed by atoms with Crippen LogP contribution in [0.4, 0.5) is 13.2 Å². The molecule has 8 heteroatoms. The van der Waals surface area contributed by atoms with Gasteiger partial charge in [0.1, 0.15) is 0 Å². The molecule has 1 aliphatic carbocycles. The molecule has 1 atom stereocenters. The highest BCUT2D eigenvalue weighted by atomic mass is 35.5. The number of ether oxygens (including phenoxy) is 1. The molecule has 4 rings (SSSR count). The third-order valence-corrected chi connectivity index (χ3v) is 8.51. The Morgan fingerprint density at radius 2 is 1.64 bits per heavy atom. The van der Waals surface area contributed by atoms with E-state index in [-0.39, 0.29) is 17.0 Å². The van der Waals surface area contributed by atoms with Crippen LogP contribution in [-0.4, -0.2) is 36.5 Å². The zero-order chi connectivity index (χ0) is 30.0. The van der Waals surface area contributed by atoms with E-state index in [9.17, 15) is 13.2 Å². The molecule has 42 heavy (non-hydrogen) atoms. The molecule has 0 fully saturated rings. The Kier molecular flexibility index (Phi) is 12.0. The van der Waals surface area contributed by atoms with Crippen LogP contribution < -0.4 is 4.72 Å². The largest absolute Gasteiger partial charge is 0.417 e. The SMILES string of the molecule is CCSNC1=CC=C(C)C(OCCCN(Cc2cccc(C(F)(F)F)c2Cl)CC(c2ccccc2)c2ccccc2)C1. The fourth-order valence-corrected chi connectivity index (χ4v) is 5.92. The summed E-state index contributed by atoms with van der Waals surface area (Å²) in [5.41, 5.74) is 4.30. The van der Waals surface area contributed by atoms with Crippen molar-refractivity contribution < 1.29 is 17.9 Å². The highest BCUT2D eigenvalue weighted by molar-refractivity contribution is 7.97. The first-order valence-electron chi connectivity index (χ1n) is 14.3. The molecule has 1 N–H and O–H groups in total. The van der Waals surface area contributed by atoms with Crippen molar-refractivity contribution in [2.45, 2.75) is 51.4 Å². The maximum Gasteiger partial charge on any atom is 0.417 e. The fraction of sp³-hybridized carbons (Fsp3) is 0.353. The van der Waals surface area contributed by atoms with Gasteiger partial charge in [-0.05, 0) is 47.8 Å². The molecule has 224 valence electrons. The van der Waals surface area contributed by atoms with Crippen LogP contribution in [0, 0.1) is 0 Å². The van der Waals surface area contributed by atoms with Crippen molar-refractivity contribution in [3.8, 4) is 0 Å². The normalized spacial score (nSPS) is 15.6. The summed E-state index contributed by atoms with van der Waals surface area (Å²) in [6.07, 6.45) is 1.22. The van der Waals surface area contributed by atoms with Gasteiger partial charge in [0.25, 0.3) is 0 Å². The van der Waals surface area contributed by atoms with E-state index in [4.69, 9.17) is 16.3 Å². The van der Waals surface area contributed by atoms with E-state index in [0.717, 1.165) is 41.5 Å². The molecule has 0 spiro atoms. The van der Waals surface area contributed by atoms with Gasteiger partial charge < -0.3 is 9.46 Å². The second-order valence-corrected chi connectivity index (χ2v) is 11.9. The molecule has 3 nitrogen and oxygen atoms in total. The molecule has 0 aromatic heterocycles. The third-order valence-electron chi connectivity index (χ3n) is 7.37. The van der Waals surface area contributed by atoms with Crippen molar-refractivity contribution in [1.82, 2.24) is 9.62 Å². The zero-order valence-electron chi connectivity index (χ0n) is 24.0. The standard InChI is InChI=1S/C34H38ClF3N2OS/c1-3-42-39-29-19-18-25(2)32(22-29)41-21-11-20-40(23-28-16-10-17-31(33(28)35)34(36,37)38)24-30(26-12-6-4-7-13-26)27-14-8-5-9-15-27/h4-10,12-19,30,32,39H,3,11,20-24H2,1-2H3. The smallest absolute Gasteiger partial charge is 0.373 e. The average Bonchev–Trinajstić information content (AvgIpc) is 2.99. The molecule has 3 aromatic carbocycles. The second-order valence-electron chi connectivity index (χ2n) is 10.4. The van der Waals surface area contributed by atoms with Crippen molar-refractivity contribution in [3.63, 3.8) is 0 Å². The molecule has 0 saturated heterocycles. The fourth-order valence-electron chi connectivity index (χ4n) is 5.14. The number of hydrogen-bond acceptors (Lipinski definition) is 4. The predicted octanol–water partition coefficient (Wildman–Crippen LogP) is 9.26. The maximum atomic E-state index is 13.6. The number of hydrogen-bond donors (Lipinski definition) is 1. The second kappa shape index (κ2) is 15.7. The Hall–Kier alpha value is -2.71. The van der Waals surface area contributed by atoms with E-state index in [1.807, 2.05) is 36.4 Å². The Labute approximate surface area is 256 Å². The van der Waals surface area contributed by atoms with Gasteiger partial charge in [-0.2, -0.15) is 13.2 Å². The van der Waals surface area contributed by atoms with Crippen LogP contribution in [-0.2, 0) is 17.5 Å². The molecule has 0 radical (unpaired) electrons. The van der Waals surface area contributed by atoms with Gasteiger partial charge in [0.05, 0.1) is 16.7 Å². The van der Waals surface area contributed by atoms with Crippen LogP contribution in [0.25, 0.3) is 0 Å². The highest BCUT2D eigenvalue weighted by Gasteiger charge is 2.34. The Bertz CT molecular complexity index is 1290. The Morgan fingerprint density at radius 3 is 2.26 bits per heavy atom. The molecule has 1 aliphatic rings. The minimum atomic E-state index is -4.51. The average molecular weight is 615 g/mol. The van der Waals surface area contributed by atoms with Crippen molar-refractivity contribution >= 4 is 23.5 Å². The molecule has 1 unspecified atom stereocenters. The lowest BCUT2D eigenvalue weighted by Crippen LogP contribution is -2.31. The van der Waals surface area contributed by atoms with E-state index >= 15 is 0 Å². The number of nitrogens with zero attached hydrogens (tertiary/aromatic N) is 1. The van der Waals surface area contributed by atoms with Crippen LogP contribution in [0.3, 0.4) is 0 Å². The predicted molar refractivity (Wildman–Crippen MR) is 169 cm³/mol. The van der Waals surface area contributed by atoms with Crippen LogP contribution >= 0.6 is 23.5 Å². The number of alkyl halides is 3. The van der Waals surface area contributed by atoms with Gasteiger partial charge in [0, 0.05) is 50.0 Å². The molecular formula is C34H38ClF3N2OS. The molecule has 0 bridgehead atoms. The monoisotopic (exact) mass is 614 g/mol. The van der Waals surface area contributed by atoms with Crippen molar-refractivity contribution in [3.05, 3.63) is 130 Å². The first kappa shape index (κ1) is 32.2. The summed E-state index contributed by atoms with van der Waals surface area (Å²) < 4.78 is 50.6. The summed E-state index contributed by atoms with van der Waals surface area (Å²) in [6, 6.07) is 24.6. The minimum Gasteiger partial charge on any atom is -0.373 e. The van der Waals surface area contributed by atoms with Crippen LogP contribution in [0.15, 0.2) is 102 Å². The molecular weight excluding hydrogens is 577 g/mol. The van der Waals surface area contributed by atoms with Gasteiger partial charge in [-0.3, -0.25) is 4.90 Å². The van der Waals surface area contributed by atoms with E-state index < -0.39 is 11.7 Å². The lowest BCUT2D eigenvalue weighted by atomic mass is 9.90. The van der Waals surface area contributed by atoms with Crippen LogP contribution in [0.1, 0.15) is 54.9 Å². The van der Waals surface area contributed by atoms with Crippen molar-refractivity contribution in [2.24, 2.45) is 0 Å². The lowest BCUT2D eigenvalue weighted by Gasteiger charge is -2.30. The third kappa shape index (κ3) is 9.14. The van der Waals surface area contributed by atoms with E-state index in [2.05, 4.69) is 59.9 Å². The molecule has 0 aliphatic heterocycles. The van der Waals surface area contributed by atoms with E-state index in [1.54, 1.807) is 18.0 Å². The Morgan fingerprint density at radius 1 is 0.976 bits per heavy atom. The molecule has 0 amide bonds.